The lowest BCUT2D eigenvalue weighted by atomic mass is 10.2. The number of para-hydroxylation sites is 1. The van der Waals surface area contributed by atoms with Gasteiger partial charge in [-0.15, -0.1) is 0 Å². The number of hydrogen-bond acceptors (Lipinski definition) is 3. The van der Waals surface area contributed by atoms with Crippen molar-refractivity contribution in [1.82, 2.24) is 0 Å². The van der Waals surface area contributed by atoms with Crippen molar-refractivity contribution in [2.45, 2.75) is 32.2 Å². The van der Waals surface area contributed by atoms with Gasteiger partial charge in [-0.1, -0.05) is 23.9 Å². The van der Waals surface area contributed by atoms with Gasteiger partial charge >= 0.3 is 0 Å². The molecule has 1 aliphatic rings. The van der Waals surface area contributed by atoms with Gasteiger partial charge in [0.25, 0.3) is 0 Å². The van der Waals surface area contributed by atoms with Crippen LogP contribution in [0.15, 0.2) is 64.5 Å². The van der Waals surface area contributed by atoms with Gasteiger partial charge in [-0.25, -0.2) is 0 Å². The molecule has 4 nitrogen and oxygen atoms in total. The third-order valence-corrected chi connectivity index (χ3v) is 6.02. The van der Waals surface area contributed by atoms with E-state index in [0.717, 1.165) is 18.8 Å². The summed E-state index contributed by atoms with van der Waals surface area (Å²) in [6.45, 7) is 7.69. The van der Waals surface area contributed by atoms with E-state index in [0.29, 0.717) is 0 Å². The van der Waals surface area contributed by atoms with Crippen molar-refractivity contribution in [3.8, 4) is 0 Å². The Morgan fingerprint density at radius 2 is 1.93 bits per heavy atom. The summed E-state index contributed by atoms with van der Waals surface area (Å²) in [4.78, 5) is 14.9. The van der Waals surface area contributed by atoms with Gasteiger partial charge in [0.05, 0.1) is 10.7 Å². The monoisotopic (exact) mass is 425 g/mol. The number of aryl methyl sites for hydroxylation is 1. The van der Waals surface area contributed by atoms with E-state index < -0.39 is 0 Å². The van der Waals surface area contributed by atoms with Crippen LogP contribution in [0.1, 0.15) is 26.5 Å². The number of nitrogens with zero attached hydrogens (tertiary/aromatic N) is 2. The Morgan fingerprint density at radius 3 is 2.66 bits per heavy atom. The minimum absolute atomic E-state index is 0. The highest BCUT2D eigenvalue weighted by molar-refractivity contribution is 8.03. The third kappa shape index (κ3) is 4.11. The number of carbonyl (C=O) groups excluding carboxylic acids is 1. The van der Waals surface area contributed by atoms with Crippen LogP contribution in [-0.2, 0) is 11.3 Å². The number of rotatable bonds is 4. The number of benzene rings is 2. The Hall–Kier alpha value is -2.50. The molecule has 0 saturated carbocycles. The quantitative estimate of drug-likeness (QED) is 0.650. The summed E-state index contributed by atoms with van der Waals surface area (Å²) in [5, 5.41) is 5.33. The van der Waals surface area contributed by atoms with Crippen LogP contribution in [0.4, 0.5) is 11.4 Å². The number of carbonyl (C=O) groups is 1. The number of nitrogens with one attached hydrogen (secondary N) is 1. The first-order valence-electron chi connectivity index (χ1n) is 9.61. The van der Waals surface area contributed by atoms with Gasteiger partial charge < -0.3 is 22.6 Å². The highest BCUT2D eigenvalue weighted by Gasteiger charge is 2.26. The minimum Gasteiger partial charge on any atom is -1.00 e. The number of halogens is 1. The van der Waals surface area contributed by atoms with Gasteiger partial charge in [0, 0.05) is 47.6 Å². The lowest BCUT2D eigenvalue weighted by Gasteiger charge is -2.18. The molecule has 1 aromatic heterocycles. The zero-order valence-corrected chi connectivity index (χ0v) is 18.3. The van der Waals surface area contributed by atoms with Gasteiger partial charge in [-0.3, -0.25) is 4.79 Å². The number of fused-ring (bicyclic) bond motifs is 2. The lowest BCUT2D eigenvalue weighted by Crippen LogP contribution is -3.00. The SMILES string of the molecule is CCN1/C(=C/c2ccc3ccccc3[n+]2CC)Sc2cc(NC(C)=O)ccc21.[Cl-]. The molecule has 0 aliphatic carbocycles. The summed E-state index contributed by atoms with van der Waals surface area (Å²) in [6, 6.07) is 19.0. The summed E-state index contributed by atoms with van der Waals surface area (Å²) >= 11 is 1.75. The first-order valence-corrected chi connectivity index (χ1v) is 10.4. The van der Waals surface area contributed by atoms with Gasteiger partial charge in [-0.05, 0) is 44.2 Å². The molecule has 150 valence electrons. The maximum absolute atomic E-state index is 11.4. The van der Waals surface area contributed by atoms with Crippen LogP contribution in [0.5, 0.6) is 0 Å². The van der Waals surface area contributed by atoms with E-state index in [1.54, 1.807) is 11.8 Å². The second kappa shape index (κ2) is 8.89. The molecule has 0 fully saturated rings. The summed E-state index contributed by atoms with van der Waals surface area (Å²) in [7, 11) is 0. The molecule has 1 aliphatic heterocycles. The Balaban J connectivity index is 0.00000240. The minimum atomic E-state index is -0.0498. The van der Waals surface area contributed by atoms with Gasteiger partial charge in [-0.2, -0.15) is 4.57 Å². The lowest BCUT2D eigenvalue weighted by molar-refractivity contribution is -0.669. The summed E-state index contributed by atoms with van der Waals surface area (Å²) in [5.41, 5.74) is 4.47. The van der Waals surface area contributed by atoms with Crippen LogP contribution in [0.3, 0.4) is 0 Å². The molecule has 29 heavy (non-hydrogen) atoms. The predicted molar refractivity (Wildman–Crippen MR) is 117 cm³/mol. The van der Waals surface area contributed by atoms with Crippen molar-refractivity contribution in [2.75, 3.05) is 16.8 Å². The van der Waals surface area contributed by atoms with Crippen LogP contribution < -0.4 is 27.2 Å². The van der Waals surface area contributed by atoms with Gasteiger partial charge in [0.2, 0.25) is 17.1 Å². The van der Waals surface area contributed by atoms with E-state index in [9.17, 15) is 4.79 Å². The Morgan fingerprint density at radius 1 is 1.14 bits per heavy atom. The molecule has 1 N–H and O–H groups in total. The van der Waals surface area contributed by atoms with Crippen molar-refractivity contribution in [3.63, 3.8) is 0 Å². The zero-order chi connectivity index (χ0) is 19.7. The molecule has 2 heterocycles. The predicted octanol–water partition coefficient (Wildman–Crippen LogP) is 2.04. The molecule has 3 aromatic rings. The average Bonchev–Trinajstić information content (AvgIpc) is 3.03. The van der Waals surface area contributed by atoms with Gasteiger partial charge in [0.15, 0.2) is 0 Å². The Kier molecular flexibility index (Phi) is 6.50. The van der Waals surface area contributed by atoms with Crippen molar-refractivity contribution < 1.29 is 21.8 Å². The summed E-state index contributed by atoms with van der Waals surface area (Å²) < 4.78 is 2.35. The van der Waals surface area contributed by atoms with E-state index in [1.807, 2.05) is 6.07 Å². The number of hydrogen-bond donors (Lipinski definition) is 1. The highest BCUT2D eigenvalue weighted by atomic mass is 35.5. The maximum atomic E-state index is 11.4. The first kappa shape index (κ1) is 21.2. The molecule has 0 radical (unpaired) electrons. The largest absolute Gasteiger partial charge is 1.00 e. The second-order valence-corrected chi connectivity index (χ2v) is 7.82. The zero-order valence-electron chi connectivity index (χ0n) is 16.8. The molecule has 6 heteroatoms. The fourth-order valence-corrected chi connectivity index (χ4v) is 4.92. The molecule has 0 saturated heterocycles. The van der Waals surface area contributed by atoms with Gasteiger partial charge in [0.1, 0.15) is 6.54 Å². The molecule has 2 aromatic carbocycles. The van der Waals surface area contributed by atoms with E-state index >= 15 is 0 Å². The number of amides is 1. The molecular weight excluding hydrogens is 402 g/mol. The van der Waals surface area contributed by atoms with E-state index in [4.69, 9.17) is 0 Å². The van der Waals surface area contributed by atoms with Crippen LogP contribution in [0.25, 0.3) is 17.0 Å². The molecule has 1 amide bonds. The molecule has 4 rings (SSSR count). The smallest absolute Gasteiger partial charge is 0.221 e. The fourth-order valence-electron chi connectivity index (χ4n) is 3.70. The van der Waals surface area contributed by atoms with Crippen LogP contribution in [-0.4, -0.2) is 12.5 Å². The van der Waals surface area contributed by atoms with Crippen molar-refractivity contribution in [1.29, 1.82) is 0 Å². The van der Waals surface area contributed by atoms with Crippen molar-refractivity contribution in [2.24, 2.45) is 0 Å². The van der Waals surface area contributed by atoms with E-state index in [2.05, 4.69) is 83.2 Å². The molecule has 0 atom stereocenters. The summed E-state index contributed by atoms with van der Waals surface area (Å²) in [5.74, 6) is -0.0498. The van der Waals surface area contributed by atoms with E-state index in [1.165, 1.54) is 39.1 Å². The molecule has 0 spiro atoms. The normalized spacial score (nSPS) is 14.0. The number of anilines is 2. The molecular formula is C23H24ClN3OS. The standard InChI is InChI=1S/C23H23N3OS.ClH/c1-4-25-19(12-10-17-8-6-7-9-20(17)25)15-23-26(5-2)21-13-11-18(24-16(3)27)14-22(21)28-23;/h6-15H,4-5H2,1-3H3;1H. The van der Waals surface area contributed by atoms with Crippen LogP contribution in [0, 0.1) is 0 Å². The average molecular weight is 426 g/mol. The fraction of sp³-hybridized carbons (Fsp3) is 0.217. The molecule has 0 unspecified atom stereocenters. The van der Waals surface area contributed by atoms with E-state index in [-0.39, 0.29) is 18.3 Å². The Labute approximate surface area is 182 Å². The molecule has 0 bridgehead atoms. The number of thioether (sulfide) groups is 1. The number of aromatic nitrogens is 1. The number of pyridine rings is 1. The third-order valence-electron chi connectivity index (χ3n) is 4.93. The highest BCUT2D eigenvalue weighted by Crippen LogP contribution is 2.47. The second-order valence-electron chi connectivity index (χ2n) is 6.75. The van der Waals surface area contributed by atoms with Crippen LogP contribution >= 0.6 is 11.8 Å². The maximum Gasteiger partial charge on any atom is 0.221 e. The first-order chi connectivity index (χ1) is 13.6. The summed E-state index contributed by atoms with van der Waals surface area (Å²) in [6.07, 6.45) is 2.27. The Bertz CT molecular complexity index is 1100. The van der Waals surface area contributed by atoms with Crippen LogP contribution in [0.2, 0.25) is 0 Å². The topological polar surface area (TPSA) is 36.2 Å². The van der Waals surface area contributed by atoms with Crippen molar-refractivity contribution >= 4 is 46.0 Å². The van der Waals surface area contributed by atoms with Crippen molar-refractivity contribution in [3.05, 3.63) is 65.3 Å².